The molecule has 0 spiro atoms. The molecule has 0 nitrogen and oxygen atoms in total. The summed E-state index contributed by atoms with van der Waals surface area (Å²) in [6.45, 7) is 8.28. The number of allylic oxidation sites excluding steroid dienone is 5. The van der Waals surface area contributed by atoms with Gasteiger partial charge in [0.25, 0.3) is 0 Å². The second kappa shape index (κ2) is 3.75. The van der Waals surface area contributed by atoms with E-state index in [0.29, 0.717) is 0 Å². The van der Waals surface area contributed by atoms with Gasteiger partial charge in [0.1, 0.15) is 0 Å². The number of hydrogen-bond acceptors (Lipinski definition) is 0. The van der Waals surface area contributed by atoms with Crippen LogP contribution in [-0.2, 0) is 0 Å². The van der Waals surface area contributed by atoms with Crippen LogP contribution in [0, 0.1) is 5.41 Å². The van der Waals surface area contributed by atoms with Gasteiger partial charge in [0, 0.05) is 5.41 Å². The van der Waals surface area contributed by atoms with Crippen LogP contribution in [0.5, 0.6) is 0 Å². The van der Waals surface area contributed by atoms with Gasteiger partial charge in [-0.15, -0.1) is 6.58 Å². The third kappa shape index (κ3) is 2.10. The smallest absolute Gasteiger partial charge is 0.00679 e. The van der Waals surface area contributed by atoms with Crippen LogP contribution >= 0.6 is 0 Å². The highest BCUT2D eigenvalue weighted by Gasteiger charge is 2.17. The Morgan fingerprint density at radius 2 is 2.42 bits per heavy atom. The first-order valence-corrected chi connectivity index (χ1v) is 4.72. The Labute approximate surface area is 75.7 Å². The van der Waals surface area contributed by atoms with E-state index in [9.17, 15) is 0 Å². The zero-order valence-corrected chi connectivity index (χ0v) is 8.14. The zero-order chi connectivity index (χ0) is 9.03. The van der Waals surface area contributed by atoms with Crippen LogP contribution in [-0.4, -0.2) is 0 Å². The molecule has 1 rings (SSSR count). The minimum Gasteiger partial charge on any atom is -0.102 e. The Hall–Kier alpha value is -0.780. The molecule has 0 heterocycles. The predicted molar refractivity (Wildman–Crippen MR) is 55.1 cm³/mol. The molecular formula is C12H18. The van der Waals surface area contributed by atoms with E-state index >= 15 is 0 Å². The normalized spacial score (nSPS) is 28.3. The lowest BCUT2D eigenvalue weighted by Crippen LogP contribution is -2.10. The Balaban J connectivity index is 2.60. The molecule has 0 aromatic rings. The number of rotatable bonds is 3. The van der Waals surface area contributed by atoms with E-state index in [-0.39, 0.29) is 5.41 Å². The molecule has 0 saturated carbocycles. The van der Waals surface area contributed by atoms with Crippen LogP contribution < -0.4 is 0 Å². The van der Waals surface area contributed by atoms with E-state index in [0.717, 1.165) is 6.42 Å². The van der Waals surface area contributed by atoms with Gasteiger partial charge in [0.05, 0.1) is 0 Å². The molecule has 0 heteroatoms. The van der Waals surface area contributed by atoms with Gasteiger partial charge in [0.15, 0.2) is 0 Å². The lowest BCUT2D eigenvalue weighted by atomic mass is 9.81. The third-order valence-corrected chi connectivity index (χ3v) is 2.49. The van der Waals surface area contributed by atoms with E-state index in [1.807, 2.05) is 6.08 Å². The lowest BCUT2D eigenvalue weighted by Gasteiger charge is -2.23. The quantitative estimate of drug-likeness (QED) is 0.553. The topological polar surface area (TPSA) is 0 Å². The van der Waals surface area contributed by atoms with Gasteiger partial charge in [-0.2, -0.15) is 0 Å². The van der Waals surface area contributed by atoms with E-state index in [1.54, 1.807) is 0 Å². The van der Waals surface area contributed by atoms with Crippen LogP contribution in [0.4, 0.5) is 0 Å². The fourth-order valence-electron chi connectivity index (χ4n) is 1.41. The summed E-state index contributed by atoms with van der Waals surface area (Å²) in [5.74, 6) is 0. The summed E-state index contributed by atoms with van der Waals surface area (Å²) in [6, 6.07) is 0. The van der Waals surface area contributed by atoms with Crippen molar-refractivity contribution in [2.24, 2.45) is 5.41 Å². The first-order valence-electron chi connectivity index (χ1n) is 4.72. The van der Waals surface area contributed by atoms with Crippen molar-refractivity contribution >= 4 is 0 Å². The van der Waals surface area contributed by atoms with E-state index in [2.05, 4.69) is 38.7 Å². The Bertz CT molecular complexity index is 220. The van der Waals surface area contributed by atoms with Crippen LogP contribution in [0.1, 0.15) is 33.1 Å². The minimum atomic E-state index is 0.206. The monoisotopic (exact) mass is 162 g/mol. The average molecular weight is 162 g/mol. The summed E-state index contributed by atoms with van der Waals surface area (Å²) in [6.07, 6.45) is 12.4. The molecule has 0 aliphatic heterocycles. The van der Waals surface area contributed by atoms with Crippen molar-refractivity contribution in [3.05, 3.63) is 36.5 Å². The molecule has 12 heavy (non-hydrogen) atoms. The van der Waals surface area contributed by atoms with Gasteiger partial charge in [-0.05, 0) is 12.8 Å². The Morgan fingerprint density at radius 3 is 2.83 bits per heavy atom. The summed E-state index contributed by atoms with van der Waals surface area (Å²) in [5, 5.41) is 0. The summed E-state index contributed by atoms with van der Waals surface area (Å²) < 4.78 is 0. The summed E-state index contributed by atoms with van der Waals surface area (Å²) in [5.41, 5.74) is 1.69. The SMILES string of the molecule is C=CC1(C)C=CC(CCC)=CC1. The fourth-order valence-corrected chi connectivity index (χ4v) is 1.41. The third-order valence-electron chi connectivity index (χ3n) is 2.49. The van der Waals surface area contributed by atoms with Gasteiger partial charge in [-0.25, -0.2) is 0 Å². The maximum Gasteiger partial charge on any atom is 0.00679 e. The van der Waals surface area contributed by atoms with Crippen LogP contribution in [0.25, 0.3) is 0 Å². The largest absolute Gasteiger partial charge is 0.102 e. The summed E-state index contributed by atoms with van der Waals surface area (Å²) in [7, 11) is 0. The zero-order valence-electron chi connectivity index (χ0n) is 8.14. The van der Waals surface area contributed by atoms with Crippen molar-refractivity contribution in [3.63, 3.8) is 0 Å². The highest BCUT2D eigenvalue weighted by molar-refractivity contribution is 5.28. The fraction of sp³-hybridized carbons (Fsp3) is 0.500. The molecule has 0 saturated heterocycles. The molecule has 0 radical (unpaired) electrons. The van der Waals surface area contributed by atoms with Gasteiger partial charge < -0.3 is 0 Å². The van der Waals surface area contributed by atoms with Crippen molar-refractivity contribution in [1.82, 2.24) is 0 Å². The minimum absolute atomic E-state index is 0.206. The van der Waals surface area contributed by atoms with E-state index < -0.39 is 0 Å². The first-order chi connectivity index (χ1) is 5.70. The standard InChI is InChI=1S/C12H18/c1-4-6-11-7-9-12(3,5-2)10-8-11/h5,7-9H,2,4,6,10H2,1,3H3. The Morgan fingerprint density at radius 1 is 1.67 bits per heavy atom. The van der Waals surface area contributed by atoms with Gasteiger partial charge in [-0.1, -0.05) is 50.1 Å². The van der Waals surface area contributed by atoms with Crippen LogP contribution in [0.2, 0.25) is 0 Å². The van der Waals surface area contributed by atoms with Gasteiger partial charge in [-0.3, -0.25) is 0 Å². The molecule has 1 aliphatic carbocycles. The summed E-state index contributed by atoms with van der Waals surface area (Å²) >= 11 is 0. The van der Waals surface area contributed by atoms with Crippen LogP contribution in [0.15, 0.2) is 36.5 Å². The van der Waals surface area contributed by atoms with Crippen LogP contribution in [0.3, 0.4) is 0 Å². The number of hydrogen-bond donors (Lipinski definition) is 0. The van der Waals surface area contributed by atoms with Crippen molar-refractivity contribution in [1.29, 1.82) is 0 Å². The van der Waals surface area contributed by atoms with Crippen molar-refractivity contribution < 1.29 is 0 Å². The van der Waals surface area contributed by atoms with E-state index in [1.165, 1.54) is 18.4 Å². The highest BCUT2D eigenvalue weighted by Crippen LogP contribution is 2.31. The molecule has 66 valence electrons. The van der Waals surface area contributed by atoms with Gasteiger partial charge in [0.2, 0.25) is 0 Å². The molecule has 0 N–H and O–H groups in total. The molecule has 1 aliphatic rings. The molecule has 0 amide bonds. The maximum absolute atomic E-state index is 3.85. The van der Waals surface area contributed by atoms with E-state index in [4.69, 9.17) is 0 Å². The molecule has 0 aromatic heterocycles. The predicted octanol–water partition coefficient (Wildman–Crippen LogP) is 3.87. The molecule has 1 unspecified atom stereocenters. The average Bonchev–Trinajstić information content (AvgIpc) is 2.10. The Kier molecular flexibility index (Phi) is 2.91. The molecule has 0 aromatic carbocycles. The second-order valence-electron chi connectivity index (χ2n) is 3.78. The van der Waals surface area contributed by atoms with Crippen molar-refractivity contribution in [3.8, 4) is 0 Å². The molecular weight excluding hydrogens is 144 g/mol. The van der Waals surface area contributed by atoms with Crippen molar-refractivity contribution in [2.75, 3.05) is 0 Å². The highest BCUT2D eigenvalue weighted by atomic mass is 14.2. The van der Waals surface area contributed by atoms with Crippen molar-refractivity contribution in [2.45, 2.75) is 33.1 Å². The first kappa shape index (κ1) is 9.31. The molecule has 0 bridgehead atoms. The molecule has 0 fully saturated rings. The summed E-state index contributed by atoms with van der Waals surface area (Å²) in [4.78, 5) is 0. The molecule has 1 atom stereocenters. The lowest BCUT2D eigenvalue weighted by molar-refractivity contribution is 0.552. The van der Waals surface area contributed by atoms with Gasteiger partial charge >= 0.3 is 0 Å². The second-order valence-corrected chi connectivity index (χ2v) is 3.78. The maximum atomic E-state index is 3.85.